The van der Waals surface area contributed by atoms with Gasteiger partial charge in [-0.1, -0.05) is 19.0 Å². The van der Waals surface area contributed by atoms with Crippen LogP contribution >= 0.6 is 0 Å². The molecule has 1 saturated heterocycles. The SMILES string of the molecule is CC(C)c1noc(N[C@@H]2CCC[C@@H]3OCC[C@H]32)n1. The van der Waals surface area contributed by atoms with Crippen LogP contribution in [0.3, 0.4) is 0 Å². The minimum atomic E-state index is 0.304. The fraction of sp³-hybridized carbons (Fsp3) is 0.846. The Kier molecular flexibility index (Phi) is 3.24. The van der Waals surface area contributed by atoms with Gasteiger partial charge in [-0.15, -0.1) is 0 Å². The van der Waals surface area contributed by atoms with Crippen LogP contribution in [0.5, 0.6) is 0 Å². The van der Waals surface area contributed by atoms with Crippen molar-refractivity contribution in [1.29, 1.82) is 0 Å². The van der Waals surface area contributed by atoms with E-state index in [2.05, 4.69) is 29.3 Å². The summed E-state index contributed by atoms with van der Waals surface area (Å²) >= 11 is 0. The maximum atomic E-state index is 5.76. The standard InChI is InChI=1S/C13H21N3O2/c1-8(2)12-15-13(18-16-12)14-10-4-3-5-11-9(10)6-7-17-11/h8-11H,3-7H2,1-2H3,(H,14,15,16)/t9-,10+,11-/m0/s1. The summed E-state index contributed by atoms with van der Waals surface area (Å²) in [6.45, 7) is 5.03. The second kappa shape index (κ2) is 4.88. The van der Waals surface area contributed by atoms with Crippen LogP contribution in [0.2, 0.25) is 0 Å². The molecule has 1 N–H and O–H groups in total. The molecule has 0 amide bonds. The summed E-state index contributed by atoms with van der Waals surface area (Å²) in [5.74, 6) is 1.68. The van der Waals surface area contributed by atoms with E-state index in [0.717, 1.165) is 18.9 Å². The van der Waals surface area contributed by atoms with Gasteiger partial charge in [-0.05, 0) is 25.7 Å². The Hall–Kier alpha value is -1.10. The second-order valence-electron chi connectivity index (χ2n) is 5.66. The summed E-state index contributed by atoms with van der Waals surface area (Å²) in [7, 11) is 0. The summed E-state index contributed by atoms with van der Waals surface area (Å²) in [4.78, 5) is 4.39. The van der Waals surface area contributed by atoms with Crippen molar-refractivity contribution in [3.8, 4) is 0 Å². The topological polar surface area (TPSA) is 60.2 Å². The molecule has 1 aliphatic carbocycles. The number of aromatic nitrogens is 2. The van der Waals surface area contributed by atoms with E-state index >= 15 is 0 Å². The van der Waals surface area contributed by atoms with E-state index < -0.39 is 0 Å². The minimum Gasteiger partial charge on any atom is -0.378 e. The zero-order chi connectivity index (χ0) is 12.5. The Balaban J connectivity index is 1.67. The van der Waals surface area contributed by atoms with Crippen molar-refractivity contribution < 1.29 is 9.26 Å². The fourth-order valence-corrected chi connectivity index (χ4v) is 3.04. The minimum absolute atomic E-state index is 0.304. The highest BCUT2D eigenvalue weighted by Gasteiger charge is 2.38. The van der Waals surface area contributed by atoms with Gasteiger partial charge in [-0.3, -0.25) is 0 Å². The third-order valence-electron chi connectivity index (χ3n) is 4.05. The molecular formula is C13H21N3O2. The average molecular weight is 251 g/mol. The first kappa shape index (κ1) is 12.0. The first-order valence-corrected chi connectivity index (χ1v) is 6.96. The van der Waals surface area contributed by atoms with Crippen molar-refractivity contribution >= 4 is 6.01 Å². The summed E-state index contributed by atoms with van der Waals surface area (Å²) in [5, 5.41) is 7.39. The van der Waals surface area contributed by atoms with E-state index in [0.29, 0.717) is 30.0 Å². The predicted molar refractivity (Wildman–Crippen MR) is 67.5 cm³/mol. The number of hydrogen-bond donors (Lipinski definition) is 1. The number of ether oxygens (including phenoxy) is 1. The van der Waals surface area contributed by atoms with Gasteiger partial charge in [0.15, 0.2) is 5.82 Å². The number of hydrogen-bond acceptors (Lipinski definition) is 5. The van der Waals surface area contributed by atoms with Gasteiger partial charge in [0.25, 0.3) is 0 Å². The molecule has 0 aromatic carbocycles. The molecule has 2 heterocycles. The van der Waals surface area contributed by atoms with E-state index in [1.165, 1.54) is 19.3 Å². The van der Waals surface area contributed by atoms with Gasteiger partial charge in [0.1, 0.15) is 0 Å². The summed E-state index contributed by atoms with van der Waals surface area (Å²) < 4.78 is 11.0. The van der Waals surface area contributed by atoms with Crippen LogP contribution in [0.4, 0.5) is 6.01 Å². The molecule has 5 nitrogen and oxygen atoms in total. The van der Waals surface area contributed by atoms with Gasteiger partial charge in [0.2, 0.25) is 0 Å². The van der Waals surface area contributed by atoms with Crippen LogP contribution in [0.1, 0.15) is 51.3 Å². The maximum absolute atomic E-state index is 5.76. The maximum Gasteiger partial charge on any atom is 0.321 e. The van der Waals surface area contributed by atoms with E-state index in [1.54, 1.807) is 0 Å². The second-order valence-corrected chi connectivity index (χ2v) is 5.66. The van der Waals surface area contributed by atoms with Gasteiger partial charge in [-0.2, -0.15) is 4.98 Å². The van der Waals surface area contributed by atoms with E-state index in [1.807, 2.05) is 0 Å². The molecule has 0 radical (unpaired) electrons. The van der Waals surface area contributed by atoms with Gasteiger partial charge in [-0.25, -0.2) is 0 Å². The van der Waals surface area contributed by atoms with Crippen LogP contribution in [0.25, 0.3) is 0 Å². The van der Waals surface area contributed by atoms with Crippen molar-refractivity contribution in [3.63, 3.8) is 0 Å². The molecule has 1 saturated carbocycles. The summed E-state index contributed by atoms with van der Waals surface area (Å²) in [6, 6.07) is 0.989. The first-order valence-electron chi connectivity index (χ1n) is 6.96. The van der Waals surface area contributed by atoms with Gasteiger partial charge >= 0.3 is 6.01 Å². The lowest BCUT2D eigenvalue weighted by atomic mass is 9.82. The van der Waals surface area contributed by atoms with Crippen molar-refractivity contribution in [1.82, 2.24) is 10.1 Å². The molecule has 1 aromatic rings. The third kappa shape index (κ3) is 2.23. The normalized spacial score (nSPS) is 31.6. The van der Waals surface area contributed by atoms with E-state index in [-0.39, 0.29) is 0 Å². The van der Waals surface area contributed by atoms with Gasteiger partial charge in [0, 0.05) is 24.5 Å². The number of rotatable bonds is 3. The highest BCUT2D eigenvalue weighted by molar-refractivity contribution is 5.22. The summed E-state index contributed by atoms with van der Waals surface area (Å²) in [6.07, 6.45) is 5.16. The van der Waals surface area contributed by atoms with Crippen LogP contribution in [0, 0.1) is 5.92 Å². The Morgan fingerprint density at radius 3 is 2.94 bits per heavy atom. The molecule has 100 valence electrons. The van der Waals surface area contributed by atoms with Crippen molar-refractivity contribution in [2.24, 2.45) is 5.92 Å². The van der Waals surface area contributed by atoms with E-state index in [4.69, 9.17) is 9.26 Å². The van der Waals surface area contributed by atoms with Crippen molar-refractivity contribution in [2.75, 3.05) is 11.9 Å². The quantitative estimate of drug-likeness (QED) is 0.894. The van der Waals surface area contributed by atoms with E-state index in [9.17, 15) is 0 Å². The first-order chi connectivity index (χ1) is 8.74. The Morgan fingerprint density at radius 1 is 1.28 bits per heavy atom. The predicted octanol–water partition coefficient (Wildman–Crippen LogP) is 2.56. The Labute approximate surface area is 107 Å². The molecular weight excluding hydrogens is 230 g/mol. The molecule has 0 bridgehead atoms. The van der Waals surface area contributed by atoms with Crippen LogP contribution in [-0.2, 0) is 4.74 Å². The lowest BCUT2D eigenvalue weighted by Gasteiger charge is -2.32. The highest BCUT2D eigenvalue weighted by Crippen LogP contribution is 2.35. The lowest BCUT2D eigenvalue weighted by molar-refractivity contribution is 0.0616. The molecule has 2 fully saturated rings. The molecule has 18 heavy (non-hydrogen) atoms. The zero-order valence-corrected chi connectivity index (χ0v) is 11.1. The average Bonchev–Trinajstić information content (AvgIpc) is 2.97. The number of nitrogens with zero attached hydrogens (tertiary/aromatic N) is 2. The molecule has 0 unspecified atom stereocenters. The zero-order valence-electron chi connectivity index (χ0n) is 11.1. The monoisotopic (exact) mass is 251 g/mol. The fourth-order valence-electron chi connectivity index (χ4n) is 3.04. The smallest absolute Gasteiger partial charge is 0.321 e. The van der Waals surface area contributed by atoms with Crippen LogP contribution in [-0.4, -0.2) is 28.9 Å². The van der Waals surface area contributed by atoms with Crippen molar-refractivity contribution in [2.45, 2.75) is 57.6 Å². The molecule has 3 atom stereocenters. The summed E-state index contributed by atoms with van der Waals surface area (Å²) in [5.41, 5.74) is 0. The number of nitrogens with one attached hydrogen (secondary N) is 1. The number of fused-ring (bicyclic) bond motifs is 1. The molecule has 1 aliphatic heterocycles. The number of anilines is 1. The molecule has 2 aliphatic rings. The van der Waals surface area contributed by atoms with Crippen LogP contribution in [0.15, 0.2) is 4.52 Å². The van der Waals surface area contributed by atoms with Crippen LogP contribution < -0.4 is 5.32 Å². The molecule has 0 spiro atoms. The third-order valence-corrected chi connectivity index (χ3v) is 4.05. The lowest BCUT2D eigenvalue weighted by Crippen LogP contribution is -2.38. The highest BCUT2D eigenvalue weighted by atomic mass is 16.5. The Morgan fingerprint density at radius 2 is 2.17 bits per heavy atom. The van der Waals surface area contributed by atoms with Gasteiger partial charge in [0.05, 0.1) is 6.10 Å². The Bertz CT molecular complexity index is 405. The largest absolute Gasteiger partial charge is 0.378 e. The van der Waals surface area contributed by atoms with Gasteiger partial charge < -0.3 is 14.6 Å². The molecule has 1 aromatic heterocycles. The van der Waals surface area contributed by atoms with Crippen molar-refractivity contribution in [3.05, 3.63) is 5.82 Å². The molecule has 3 rings (SSSR count). The molecule has 5 heteroatoms.